The monoisotopic (exact) mass is 424 g/mol. The number of rotatable bonds is 4. The highest BCUT2D eigenvalue weighted by Crippen LogP contribution is 2.33. The van der Waals surface area contributed by atoms with Gasteiger partial charge in [0.1, 0.15) is 5.82 Å². The fourth-order valence-corrected chi connectivity index (χ4v) is 2.73. The molecule has 0 radical (unpaired) electrons. The largest absolute Gasteiger partial charge is 0.416 e. The Bertz CT molecular complexity index is 1110. The number of carbonyl (C=O) groups excluding carboxylic acids is 1. The van der Waals surface area contributed by atoms with Crippen molar-refractivity contribution in [1.29, 1.82) is 0 Å². The maximum absolute atomic E-state index is 13.0. The van der Waals surface area contributed by atoms with Crippen LogP contribution in [0.25, 0.3) is 0 Å². The Morgan fingerprint density at radius 1 is 1.03 bits per heavy atom. The Balaban J connectivity index is 1.85. The molecule has 0 unspecified atom stereocenters. The summed E-state index contributed by atoms with van der Waals surface area (Å²) in [6.45, 7) is 0.0878. The molecule has 0 saturated carbocycles. The Labute approximate surface area is 167 Å². The van der Waals surface area contributed by atoms with Gasteiger partial charge in [-0.15, -0.1) is 0 Å². The quantitative estimate of drug-likeness (QED) is 0.602. The van der Waals surface area contributed by atoms with E-state index in [1.807, 2.05) is 0 Å². The van der Waals surface area contributed by atoms with Crippen molar-refractivity contribution in [1.82, 2.24) is 4.57 Å². The molecular weight excluding hydrogens is 412 g/mol. The summed E-state index contributed by atoms with van der Waals surface area (Å²) in [4.78, 5) is 24.5. The van der Waals surface area contributed by atoms with Crippen LogP contribution in [-0.2, 0) is 12.7 Å². The fourth-order valence-electron chi connectivity index (χ4n) is 2.57. The van der Waals surface area contributed by atoms with E-state index >= 15 is 0 Å². The van der Waals surface area contributed by atoms with Crippen LogP contribution in [0.3, 0.4) is 0 Å². The summed E-state index contributed by atoms with van der Waals surface area (Å²) in [5, 5.41) is 2.26. The Morgan fingerprint density at radius 2 is 1.72 bits per heavy atom. The van der Waals surface area contributed by atoms with Gasteiger partial charge in [0.25, 0.3) is 11.5 Å². The smallest absolute Gasteiger partial charge is 0.321 e. The summed E-state index contributed by atoms with van der Waals surface area (Å²) in [5.74, 6) is -1.16. The minimum absolute atomic E-state index is 0.0418. The van der Waals surface area contributed by atoms with Crippen molar-refractivity contribution in [2.24, 2.45) is 0 Å². The predicted molar refractivity (Wildman–Crippen MR) is 101 cm³/mol. The van der Waals surface area contributed by atoms with Gasteiger partial charge in [0, 0.05) is 12.3 Å². The number of hydrogen-bond donors (Lipinski definition) is 1. The average molecular weight is 425 g/mol. The van der Waals surface area contributed by atoms with Crippen LogP contribution in [0.2, 0.25) is 5.02 Å². The second-order valence-corrected chi connectivity index (χ2v) is 6.56. The van der Waals surface area contributed by atoms with Gasteiger partial charge in [-0.3, -0.25) is 9.59 Å². The molecule has 0 atom stereocenters. The van der Waals surface area contributed by atoms with Crippen LogP contribution in [0.4, 0.5) is 23.2 Å². The number of halogens is 5. The van der Waals surface area contributed by atoms with Gasteiger partial charge in [0.05, 0.1) is 28.4 Å². The maximum atomic E-state index is 13.0. The molecule has 0 bridgehead atoms. The third-order valence-electron chi connectivity index (χ3n) is 4.05. The molecule has 4 nitrogen and oxygen atoms in total. The summed E-state index contributed by atoms with van der Waals surface area (Å²) >= 11 is 5.89. The van der Waals surface area contributed by atoms with Crippen molar-refractivity contribution >= 4 is 23.2 Å². The summed E-state index contributed by atoms with van der Waals surface area (Å²) < 4.78 is 52.9. The molecule has 3 rings (SSSR count). The first kappa shape index (κ1) is 20.6. The van der Waals surface area contributed by atoms with E-state index in [2.05, 4.69) is 5.32 Å². The molecule has 1 aromatic heterocycles. The predicted octanol–water partition coefficient (Wildman–Crippen LogP) is 4.96. The Hall–Kier alpha value is -3.13. The second kappa shape index (κ2) is 8.08. The van der Waals surface area contributed by atoms with Crippen LogP contribution in [0, 0.1) is 5.82 Å². The molecule has 9 heteroatoms. The number of nitrogens with zero attached hydrogens (tertiary/aromatic N) is 1. The maximum Gasteiger partial charge on any atom is 0.416 e. The fraction of sp³-hybridized carbons (Fsp3) is 0.100. The average Bonchev–Trinajstić information content (AvgIpc) is 2.66. The van der Waals surface area contributed by atoms with Gasteiger partial charge in [-0.1, -0.05) is 23.7 Å². The van der Waals surface area contributed by atoms with Crippen LogP contribution >= 0.6 is 11.6 Å². The lowest BCUT2D eigenvalue weighted by molar-refractivity contribution is -0.137. The first-order chi connectivity index (χ1) is 13.6. The van der Waals surface area contributed by atoms with Crippen LogP contribution < -0.4 is 10.9 Å². The first-order valence-electron chi connectivity index (χ1n) is 8.26. The van der Waals surface area contributed by atoms with Crippen molar-refractivity contribution in [3.8, 4) is 0 Å². The highest BCUT2D eigenvalue weighted by molar-refractivity contribution is 6.34. The lowest BCUT2D eigenvalue weighted by Gasteiger charge is -2.12. The number of pyridine rings is 1. The van der Waals surface area contributed by atoms with Gasteiger partial charge in [-0.25, -0.2) is 4.39 Å². The molecule has 0 aliphatic carbocycles. The summed E-state index contributed by atoms with van der Waals surface area (Å²) in [6.07, 6.45) is -3.32. The standard InChI is InChI=1S/C20H13ClF4N2O2/c21-16-7-4-14(20(23,24)25)9-17(16)26-19(29)13-3-8-18(28)27(11-13)10-12-1-5-15(22)6-2-12/h1-9,11H,10H2,(H,26,29). The summed E-state index contributed by atoms with van der Waals surface area (Å²) in [7, 11) is 0. The van der Waals surface area contributed by atoms with Gasteiger partial charge in [-0.05, 0) is 42.0 Å². The van der Waals surface area contributed by atoms with Crippen molar-refractivity contribution in [3.63, 3.8) is 0 Å². The number of alkyl halides is 3. The number of anilines is 1. The number of carbonyl (C=O) groups is 1. The zero-order valence-corrected chi connectivity index (χ0v) is 15.4. The molecule has 2 aromatic carbocycles. The molecule has 1 heterocycles. The normalized spacial score (nSPS) is 11.3. The topological polar surface area (TPSA) is 51.1 Å². The van der Waals surface area contributed by atoms with Gasteiger partial charge < -0.3 is 9.88 Å². The van der Waals surface area contributed by atoms with E-state index in [1.165, 1.54) is 41.1 Å². The lowest BCUT2D eigenvalue weighted by atomic mass is 10.1. The summed E-state index contributed by atoms with van der Waals surface area (Å²) in [5.41, 5.74) is -0.892. The van der Waals surface area contributed by atoms with E-state index in [-0.39, 0.29) is 22.8 Å². The van der Waals surface area contributed by atoms with Crippen molar-refractivity contribution < 1.29 is 22.4 Å². The molecule has 150 valence electrons. The second-order valence-electron chi connectivity index (χ2n) is 6.16. The van der Waals surface area contributed by atoms with E-state index in [9.17, 15) is 27.2 Å². The van der Waals surface area contributed by atoms with Gasteiger partial charge in [0.2, 0.25) is 0 Å². The number of amides is 1. The molecule has 29 heavy (non-hydrogen) atoms. The van der Waals surface area contributed by atoms with Crippen LogP contribution in [-0.4, -0.2) is 10.5 Å². The van der Waals surface area contributed by atoms with Crippen LogP contribution in [0.1, 0.15) is 21.5 Å². The van der Waals surface area contributed by atoms with E-state index in [0.717, 1.165) is 24.3 Å². The van der Waals surface area contributed by atoms with Crippen molar-refractivity contribution in [2.45, 2.75) is 12.7 Å². The first-order valence-corrected chi connectivity index (χ1v) is 8.64. The van der Waals surface area contributed by atoms with E-state index in [0.29, 0.717) is 5.56 Å². The highest BCUT2D eigenvalue weighted by atomic mass is 35.5. The van der Waals surface area contributed by atoms with Crippen LogP contribution in [0.15, 0.2) is 65.6 Å². The number of hydrogen-bond acceptors (Lipinski definition) is 2. The third-order valence-corrected chi connectivity index (χ3v) is 4.38. The number of benzene rings is 2. The molecule has 0 fully saturated rings. The van der Waals surface area contributed by atoms with E-state index in [4.69, 9.17) is 11.6 Å². The zero-order valence-electron chi connectivity index (χ0n) is 14.6. The number of aromatic nitrogens is 1. The van der Waals surface area contributed by atoms with E-state index < -0.39 is 29.0 Å². The molecule has 1 N–H and O–H groups in total. The van der Waals surface area contributed by atoms with E-state index in [1.54, 1.807) is 0 Å². The third kappa shape index (κ3) is 5.03. The molecule has 1 amide bonds. The molecule has 0 saturated heterocycles. The zero-order chi connectivity index (χ0) is 21.2. The molecule has 0 aliphatic rings. The number of nitrogens with one attached hydrogen (secondary N) is 1. The SMILES string of the molecule is O=C(Nc1cc(C(F)(F)F)ccc1Cl)c1ccc(=O)n(Cc2ccc(F)cc2)c1. The van der Waals surface area contributed by atoms with Crippen molar-refractivity contribution in [2.75, 3.05) is 5.32 Å². The van der Waals surface area contributed by atoms with Gasteiger partial charge >= 0.3 is 6.18 Å². The molecule has 3 aromatic rings. The van der Waals surface area contributed by atoms with Crippen LogP contribution in [0.5, 0.6) is 0 Å². The Morgan fingerprint density at radius 3 is 2.38 bits per heavy atom. The highest BCUT2D eigenvalue weighted by Gasteiger charge is 2.31. The molecule has 0 aliphatic heterocycles. The molecule has 0 spiro atoms. The minimum atomic E-state index is -4.59. The Kier molecular flexibility index (Phi) is 5.74. The van der Waals surface area contributed by atoms with Gasteiger partial charge in [0.15, 0.2) is 0 Å². The molecular formula is C20H13ClF4N2O2. The summed E-state index contributed by atoms with van der Waals surface area (Å²) in [6, 6.07) is 10.5. The van der Waals surface area contributed by atoms with Gasteiger partial charge in [-0.2, -0.15) is 13.2 Å². The minimum Gasteiger partial charge on any atom is -0.321 e. The van der Waals surface area contributed by atoms with Crippen molar-refractivity contribution in [3.05, 3.63) is 98.7 Å². The lowest BCUT2D eigenvalue weighted by Crippen LogP contribution is -2.22.